The molecule has 0 radical (unpaired) electrons. The summed E-state index contributed by atoms with van der Waals surface area (Å²) in [6.07, 6.45) is 0. The fourth-order valence-corrected chi connectivity index (χ4v) is 3.65. The first kappa shape index (κ1) is 22.5. The average Bonchev–Trinajstić information content (AvgIpc) is 3.12. The fourth-order valence-electron chi connectivity index (χ4n) is 2.11. The van der Waals surface area contributed by atoms with Gasteiger partial charge in [-0.15, -0.1) is 23.1 Å². The summed E-state index contributed by atoms with van der Waals surface area (Å²) in [4.78, 5) is 40.2. The molecule has 2 rings (SSSR count). The van der Waals surface area contributed by atoms with Crippen molar-refractivity contribution in [3.63, 3.8) is 0 Å². The summed E-state index contributed by atoms with van der Waals surface area (Å²) in [6, 6.07) is 7.18. The molecule has 10 heteroatoms. The van der Waals surface area contributed by atoms with Gasteiger partial charge in [-0.1, -0.05) is 0 Å². The number of thiazole rings is 1. The predicted molar refractivity (Wildman–Crippen MR) is 108 cm³/mol. The molecule has 0 aliphatic rings. The minimum atomic E-state index is -1.08. The average molecular weight is 436 g/mol. The Morgan fingerprint density at radius 3 is 2.62 bits per heavy atom. The Labute approximate surface area is 175 Å². The number of ketones is 1. The number of ether oxygens (including phenoxy) is 1. The van der Waals surface area contributed by atoms with Gasteiger partial charge in [0.2, 0.25) is 5.91 Å². The van der Waals surface area contributed by atoms with E-state index in [1.165, 1.54) is 35.6 Å². The Kier molecular flexibility index (Phi) is 8.30. The molecule has 1 amide bonds. The smallest absolute Gasteiger partial charge is 0.319 e. The summed E-state index contributed by atoms with van der Waals surface area (Å²) < 4.78 is 17.8. The summed E-state index contributed by atoms with van der Waals surface area (Å²) in [6.45, 7) is 2.76. The van der Waals surface area contributed by atoms with E-state index in [-0.39, 0.29) is 11.7 Å². The fraction of sp³-hybridized carbons (Fsp3) is 0.316. The van der Waals surface area contributed by atoms with E-state index in [1.54, 1.807) is 19.2 Å². The van der Waals surface area contributed by atoms with E-state index in [4.69, 9.17) is 4.74 Å². The number of amides is 1. The van der Waals surface area contributed by atoms with E-state index in [1.807, 2.05) is 6.07 Å². The number of thioether (sulfide) groups is 1. The number of halogens is 1. The number of hydrogen-bond donors (Lipinski definition) is 1. The lowest BCUT2D eigenvalue weighted by atomic mass is 10.1. The number of anilines is 1. The summed E-state index contributed by atoms with van der Waals surface area (Å²) in [5.74, 6) is -3.09. The van der Waals surface area contributed by atoms with Gasteiger partial charge in [-0.3, -0.25) is 14.4 Å². The van der Waals surface area contributed by atoms with Crippen LogP contribution in [0.4, 0.5) is 10.1 Å². The Bertz CT molecular complexity index is 924. The number of nitrogens with one attached hydrogen (secondary N) is 1. The molecule has 7 nitrogen and oxygen atoms in total. The van der Waals surface area contributed by atoms with Gasteiger partial charge in [0.05, 0.1) is 11.8 Å². The summed E-state index contributed by atoms with van der Waals surface area (Å²) >= 11 is 2.23. The van der Waals surface area contributed by atoms with E-state index in [0.717, 1.165) is 11.8 Å². The molecule has 0 aliphatic carbocycles. The minimum Gasteiger partial charge on any atom is -0.457 e. The molecule has 0 fully saturated rings. The van der Waals surface area contributed by atoms with Gasteiger partial charge in [0.1, 0.15) is 16.1 Å². The van der Waals surface area contributed by atoms with Crippen LogP contribution in [0.1, 0.15) is 23.5 Å². The predicted octanol–water partition coefficient (Wildman–Crippen LogP) is 3.07. The van der Waals surface area contributed by atoms with Crippen LogP contribution in [0.25, 0.3) is 0 Å². The third-order valence-electron chi connectivity index (χ3n) is 3.62. The Morgan fingerprint density at radius 1 is 1.34 bits per heavy atom. The van der Waals surface area contributed by atoms with Crippen molar-refractivity contribution < 1.29 is 23.5 Å². The maximum absolute atomic E-state index is 12.9. The zero-order valence-electron chi connectivity index (χ0n) is 15.7. The van der Waals surface area contributed by atoms with Gasteiger partial charge in [0.25, 0.3) is 0 Å². The lowest BCUT2D eigenvalue weighted by Crippen LogP contribution is -2.25. The molecular weight excluding hydrogens is 417 g/mol. The second-order valence-electron chi connectivity index (χ2n) is 5.97. The largest absolute Gasteiger partial charge is 0.457 e. The van der Waals surface area contributed by atoms with Gasteiger partial charge in [-0.2, -0.15) is 5.26 Å². The third kappa shape index (κ3) is 6.96. The number of esters is 1. The highest BCUT2D eigenvalue weighted by Gasteiger charge is 2.25. The number of carbonyl (C=O) groups excluding carboxylic acids is 3. The molecule has 1 N–H and O–H groups in total. The van der Waals surface area contributed by atoms with E-state index < -0.39 is 35.3 Å². The topological polar surface area (TPSA) is 109 Å². The molecule has 1 aromatic heterocycles. The standard InChI is InChI=1S/C19H18FN3O4S2/c1-11-9-29-18(22-11)15(7-21)16(24)8-27-19(26)12(2)28-10-17(25)23-14-5-3-13(20)4-6-14/h3-6,9,12,15H,8,10H2,1-2H3,(H,23,25)/t12-,15-/m0/s1. The molecule has 1 aromatic carbocycles. The number of nitrogens with zero attached hydrogens (tertiary/aromatic N) is 2. The van der Waals surface area contributed by atoms with Crippen molar-refractivity contribution in [1.82, 2.24) is 4.98 Å². The Hall–Kier alpha value is -2.77. The maximum Gasteiger partial charge on any atom is 0.319 e. The normalized spacial score (nSPS) is 12.5. The van der Waals surface area contributed by atoms with Crippen molar-refractivity contribution in [2.75, 3.05) is 17.7 Å². The van der Waals surface area contributed by atoms with E-state index >= 15 is 0 Å². The number of aromatic nitrogens is 1. The second-order valence-corrected chi connectivity index (χ2v) is 8.19. The highest BCUT2D eigenvalue weighted by atomic mass is 32.2. The lowest BCUT2D eigenvalue weighted by Gasteiger charge is -2.12. The number of nitriles is 1. The molecule has 0 spiro atoms. The SMILES string of the molecule is Cc1csc([C@@H](C#N)C(=O)COC(=O)[C@H](C)SCC(=O)Nc2ccc(F)cc2)n1. The molecule has 152 valence electrons. The van der Waals surface area contributed by atoms with Crippen molar-refractivity contribution >= 4 is 46.4 Å². The van der Waals surface area contributed by atoms with Gasteiger partial charge in [0.15, 0.2) is 18.3 Å². The number of Topliss-reactive ketones (excluding diaryl/α,β-unsaturated/α-hetero) is 1. The van der Waals surface area contributed by atoms with Crippen LogP contribution in [0.3, 0.4) is 0 Å². The molecule has 0 saturated carbocycles. The van der Waals surface area contributed by atoms with Crippen molar-refractivity contribution in [3.8, 4) is 6.07 Å². The number of aryl methyl sites for hydroxylation is 1. The second kappa shape index (κ2) is 10.7. The number of rotatable bonds is 9. The van der Waals surface area contributed by atoms with Crippen LogP contribution < -0.4 is 5.32 Å². The van der Waals surface area contributed by atoms with E-state index in [0.29, 0.717) is 16.4 Å². The van der Waals surface area contributed by atoms with Crippen molar-refractivity contribution in [3.05, 3.63) is 46.2 Å². The van der Waals surface area contributed by atoms with E-state index in [9.17, 15) is 24.0 Å². The molecular formula is C19H18FN3O4S2. The molecule has 2 atom stereocenters. The van der Waals surface area contributed by atoms with Crippen molar-refractivity contribution in [2.24, 2.45) is 0 Å². The number of benzene rings is 1. The van der Waals surface area contributed by atoms with Crippen LogP contribution in [0.2, 0.25) is 0 Å². The van der Waals surface area contributed by atoms with Crippen LogP contribution in [0.5, 0.6) is 0 Å². The Balaban J connectivity index is 1.76. The minimum absolute atomic E-state index is 0.0270. The van der Waals surface area contributed by atoms with Crippen LogP contribution in [-0.4, -0.2) is 40.3 Å². The molecule has 0 unspecified atom stereocenters. The maximum atomic E-state index is 12.9. The van der Waals surface area contributed by atoms with Crippen LogP contribution >= 0.6 is 23.1 Å². The lowest BCUT2D eigenvalue weighted by molar-refractivity contribution is -0.147. The first-order chi connectivity index (χ1) is 13.8. The number of hydrogen-bond acceptors (Lipinski definition) is 8. The molecule has 29 heavy (non-hydrogen) atoms. The van der Waals surface area contributed by atoms with Gasteiger partial charge in [-0.05, 0) is 38.1 Å². The van der Waals surface area contributed by atoms with Gasteiger partial charge in [-0.25, -0.2) is 9.37 Å². The summed E-state index contributed by atoms with van der Waals surface area (Å²) in [5, 5.41) is 13.2. The monoisotopic (exact) mass is 435 g/mol. The first-order valence-electron chi connectivity index (χ1n) is 8.48. The van der Waals surface area contributed by atoms with Crippen LogP contribution in [0, 0.1) is 24.1 Å². The van der Waals surface area contributed by atoms with Gasteiger partial charge >= 0.3 is 5.97 Å². The third-order valence-corrected chi connectivity index (χ3v) is 5.76. The zero-order valence-corrected chi connectivity index (χ0v) is 17.3. The Morgan fingerprint density at radius 2 is 2.03 bits per heavy atom. The summed E-state index contributed by atoms with van der Waals surface area (Å²) in [7, 11) is 0. The molecule has 0 saturated heterocycles. The summed E-state index contributed by atoms with van der Waals surface area (Å²) in [5.41, 5.74) is 1.15. The molecule has 0 aliphatic heterocycles. The number of carbonyl (C=O) groups is 3. The van der Waals surface area contributed by atoms with Crippen molar-refractivity contribution in [2.45, 2.75) is 25.0 Å². The highest BCUT2D eigenvalue weighted by Crippen LogP contribution is 2.21. The van der Waals surface area contributed by atoms with Gasteiger partial charge in [0, 0.05) is 16.8 Å². The quantitative estimate of drug-likeness (QED) is 0.603. The van der Waals surface area contributed by atoms with Crippen LogP contribution in [-0.2, 0) is 19.1 Å². The van der Waals surface area contributed by atoms with Crippen LogP contribution in [0.15, 0.2) is 29.6 Å². The highest BCUT2D eigenvalue weighted by molar-refractivity contribution is 8.01. The van der Waals surface area contributed by atoms with Crippen molar-refractivity contribution in [1.29, 1.82) is 5.26 Å². The van der Waals surface area contributed by atoms with E-state index in [2.05, 4.69) is 10.3 Å². The molecule has 0 bridgehead atoms. The molecule has 2 aromatic rings. The molecule has 1 heterocycles. The zero-order chi connectivity index (χ0) is 21.4. The van der Waals surface area contributed by atoms with Gasteiger partial charge < -0.3 is 10.1 Å². The first-order valence-corrected chi connectivity index (χ1v) is 10.4.